The van der Waals surface area contributed by atoms with Crippen molar-refractivity contribution >= 4 is 29.4 Å². The van der Waals surface area contributed by atoms with Crippen LogP contribution < -0.4 is 16.0 Å². The van der Waals surface area contributed by atoms with E-state index in [1.54, 1.807) is 17.0 Å². The van der Waals surface area contributed by atoms with E-state index in [1.165, 1.54) is 0 Å². The predicted octanol–water partition coefficient (Wildman–Crippen LogP) is 2.41. The number of carbonyl (C=O) groups is 3. The third kappa shape index (κ3) is 4.82. The number of halogens is 1. The second-order valence-electron chi connectivity index (χ2n) is 8.08. The van der Waals surface area contributed by atoms with Crippen LogP contribution in [0.25, 0.3) is 0 Å². The van der Waals surface area contributed by atoms with Gasteiger partial charge in [-0.25, -0.2) is 4.79 Å². The van der Waals surface area contributed by atoms with Crippen LogP contribution in [0, 0.1) is 0 Å². The number of hydrogen-bond acceptors (Lipinski definition) is 3. The van der Waals surface area contributed by atoms with Gasteiger partial charge in [0, 0.05) is 18.0 Å². The van der Waals surface area contributed by atoms with E-state index in [0.29, 0.717) is 24.4 Å². The molecule has 0 radical (unpaired) electrons. The van der Waals surface area contributed by atoms with Crippen LogP contribution in [0.4, 0.5) is 4.79 Å². The first-order valence-electron chi connectivity index (χ1n) is 10.4. The van der Waals surface area contributed by atoms with Gasteiger partial charge in [-0.2, -0.15) is 0 Å². The summed E-state index contributed by atoms with van der Waals surface area (Å²) >= 11 is 5.92. The molecular weight excluding hydrogens is 416 g/mol. The number of rotatable bonds is 5. The van der Waals surface area contributed by atoms with E-state index in [2.05, 4.69) is 16.0 Å². The highest BCUT2D eigenvalue weighted by Gasteiger charge is 2.46. The maximum Gasteiger partial charge on any atom is 0.315 e. The molecule has 162 valence electrons. The topological polar surface area (TPSA) is 90.5 Å². The SMILES string of the molecule is C[C@H](NC(=O)N[C@H]1C[C@H]2C(=O)N[C@@H](Cc3ccc(Cl)cc3)C(=O)N2C1)c1ccccc1. The number of fused-ring (bicyclic) bond motifs is 1. The Morgan fingerprint density at radius 1 is 1.16 bits per heavy atom. The molecule has 2 heterocycles. The van der Waals surface area contributed by atoms with Crippen LogP contribution in [0.3, 0.4) is 0 Å². The molecule has 0 aliphatic carbocycles. The highest BCUT2D eigenvalue weighted by Crippen LogP contribution is 2.24. The van der Waals surface area contributed by atoms with Gasteiger partial charge in [0.25, 0.3) is 0 Å². The van der Waals surface area contributed by atoms with E-state index in [9.17, 15) is 14.4 Å². The minimum Gasteiger partial charge on any atom is -0.342 e. The van der Waals surface area contributed by atoms with Crippen molar-refractivity contribution in [2.75, 3.05) is 6.54 Å². The minimum absolute atomic E-state index is 0.123. The van der Waals surface area contributed by atoms with Gasteiger partial charge in [-0.1, -0.05) is 54.1 Å². The summed E-state index contributed by atoms with van der Waals surface area (Å²) in [4.78, 5) is 39.6. The Balaban J connectivity index is 1.35. The van der Waals surface area contributed by atoms with Crippen LogP contribution in [0.2, 0.25) is 5.02 Å². The second kappa shape index (κ2) is 8.98. The quantitative estimate of drug-likeness (QED) is 0.666. The first-order chi connectivity index (χ1) is 14.9. The predicted molar refractivity (Wildman–Crippen MR) is 118 cm³/mol. The van der Waals surface area contributed by atoms with Crippen molar-refractivity contribution in [3.8, 4) is 0 Å². The lowest BCUT2D eigenvalue weighted by molar-refractivity contribution is -0.147. The maximum absolute atomic E-state index is 13.0. The number of benzene rings is 2. The molecule has 2 aliphatic rings. The lowest BCUT2D eigenvalue weighted by Gasteiger charge is -2.34. The fourth-order valence-corrected chi connectivity index (χ4v) is 4.33. The number of piperazine rings is 1. The maximum atomic E-state index is 13.0. The Morgan fingerprint density at radius 3 is 2.58 bits per heavy atom. The molecular formula is C23H25ClN4O3. The molecule has 2 fully saturated rings. The van der Waals surface area contributed by atoms with E-state index in [1.807, 2.05) is 49.4 Å². The summed E-state index contributed by atoms with van der Waals surface area (Å²) in [6, 6.07) is 15.0. The van der Waals surface area contributed by atoms with Crippen molar-refractivity contribution in [2.45, 2.75) is 43.9 Å². The molecule has 4 rings (SSSR count). The van der Waals surface area contributed by atoms with Gasteiger partial charge < -0.3 is 20.9 Å². The lowest BCUT2D eigenvalue weighted by atomic mass is 10.0. The number of carbonyl (C=O) groups excluding carboxylic acids is 3. The summed E-state index contributed by atoms with van der Waals surface area (Å²) < 4.78 is 0. The molecule has 2 aliphatic heterocycles. The first-order valence-corrected chi connectivity index (χ1v) is 10.8. The molecule has 2 aromatic rings. The van der Waals surface area contributed by atoms with Crippen molar-refractivity contribution < 1.29 is 14.4 Å². The number of nitrogens with one attached hydrogen (secondary N) is 3. The zero-order valence-corrected chi connectivity index (χ0v) is 17.9. The average molecular weight is 441 g/mol. The van der Waals surface area contributed by atoms with Crippen LogP contribution in [0.1, 0.15) is 30.5 Å². The molecule has 0 saturated carbocycles. The molecule has 2 aromatic carbocycles. The Morgan fingerprint density at radius 2 is 1.87 bits per heavy atom. The monoisotopic (exact) mass is 440 g/mol. The number of hydrogen-bond donors (Lipinski definition) is 3. The third-order valence-electron chi connectivity index (χ3n) is 5.84. The van der Waals surface area contributed by atoms with Crippen LogP contribution >= 0.6 is 11.6 Å². The summed E-state index contributed by atoms with van der Waals surface area (Å²) in [6.45, 7) is 2.23. The van der Waals surface area contributed by atoms with Gasteiger partial charge in [-0.05, 0) is 36.6 Å². The van der Waals surface area contributed by atoms with Crippen molar-refractivity contribution in [2.24, 2.45) is 0 Å². The fourth-order valence-electron chi connectivity index (χ4n) is 4.21. The van der Waals surface area contributed by atoms with Gasteiger partial charge >= 0.3 is 6.03 Å². The minimum atomic E-state index is -0.615. The smallest absolute Gasteiger partial charge is 0.315 e. The van der Waals surface area contributed by atoms with Gasteiger partial charge in [0.2, 0.25) is 11.8 Å². The van der Waals surface area contributed by atoms with Crippen LogP contribution in [0.5, 0.6) is 0 Å². The Kier molecular flexibility index (Phi) is 6.13. The summed E-state index contributed by atoms with van der Waals surface area (Å²) in [7, 11) is 0. The summed E-state index contributed by atoms with van der Waals surface area (Å²) in [6.07, 6.45) is 0.802. The zero-order valence-electron chi connectivity index (χ0n) is 17.2. The van der Waals surface area contributed by atoms with Gasteiger partial charge in [0.15, 0.2) is 0 Å². The molecule has 0 spiro atoms. The summed E-state index contributed by atoms with van der Waals surface area (Å²) in [5.74, 6) is -0.303. The van der Waals surface area contributed by atoms with E-state index < -0.39 is 12.1 Å². The number of amides is 4. The Hall–Kier alpha value is -3.06. The molecule has 3 N–H and O–H groups in total. The van der Waals surface area contributed by atoms with Crippen molar-refractivity contribution in [1.29, 1.82) is 0 Å². The van der Waals surface area contributed by atoms with Crippen molar-refractivity contribution in [1.82, 2.24) is 20.9 Å². The summed E-state index contributed by atoms with van der Waals surface area (Å²) in [5.41, 5.74) is 1.92. The third-order valence-corrected chi connectivity index (χ3v) is 6.09. The normalized spacial score (nSPS) is 23.7. The molecule has 2 saturated heterocycles. The standard InChI is InChI=1S/C23H25ClN4O3/c1-14(16-5-3-2-4-6-16)25-23(31)26-18-12-20-21(29)27-19(22(30)28(20)13-18)11-15-7-9-17(24)10-8-15/h2-10,14,18-20H,11-13H2,1H3,(H,27,29)(H2,25,26,31)/t14-,18-,19-,20-/m0/s1. The fraction of sp³-hybridized carbons (Fsp3) is 0.348. The van der Waals surface area contributed by atoms with E-state index in [0.717, 1.165) is 11.1 Å². The molecule has 4 amide bonds. The molecule has 4 atom stereocenters. The van der Waals surface area contributed by atoms with E-state index in [-0.39, 0.29) is 29.9 Å². The van der Waals surface area contributed by atoms with E-state index in [4.69, 9.17) is 11.6 Å². The van der Waals surface area contributed by atoms with Crippen LogP contribution in [-0.2, 0) is 16.0 Å². The molecule has 0 bridgehead atoms. The van der Waals surface area contributed by atoms with Crippen molar-refractivity contribution in [3.63, 3.8) is 0 Å². The molecule has 8 heteroatoms. The van der Waals surface area contributed by atoms with Gasteiger partial charge in [-0.15, -0.1) is 0 Å². The first kappa shape index (κ1) is 21.2. The largest absolute Gasteiger partial charge is 0.342 e. The molecule has 7 nitrogen and oxygen atoms in total. The Bertz CT molecular complexity index is 967. The van der Waals surface area contributed by atoms with Crippen LogP contribution in [-0.4, -0.2) is 47.4 Å². The highest BCUT2D eigenvalue weighted by molar-refractivity contribution is 6.30. The van der Waals surface area contributed by atoms with Gasteiger partial charge in [0.05, 0.1) is 12.1 Å². The molecule has 0 aromatic heterocycles. The highest BCUT2D eigenvalue weighted by atomic mass is 35.5. The zero-order chi connectivity index (χ0) is 22.0. The van der Waals surface area contributed by atoms with Crippen molar-refractivity contribution in [3.05, 3.63) is 70.7 Å². The average Bonchev–Trinajstić information content (AvgIpc) is 3.18. The van der Waals surface area contributed by atoms with Gasteiger partial charge in [0.1, 0.15) is 12.1 Å². The van der Waals surface area contributed by atoms with E-state index >= 15 is 0 Å². The van der Waals surface area contributed by atoms with Gasteiger partial charge in [-0.3, -0.25) is 9.59 Å². The molecule has 0 unspecified atom stereocenters. The number of urea groups is 1. The van der Waals surface area contributed by atoms with Crippen LogP contribution in [0.15, 0.2) is 54.6 Å². The Labute approximate surface area is 186 Å². The lowest BCUT2D eigenvalue weighted by Crippen LogP contribution is -2.61. The summed E-state index contributed by atoms with van der Waals surface area (Å²) in [5, 5.41) is 9.28. The molecule has 31 heavy (non-hydrogen) atoms. The second-order valence-corrected chi connectivity index (χ2v) is 8.52. The number of nitrogens with zero attached hydrogens (tertiary/aromatic N) is 1.